The number of anilines is 1. The van der Waals surface area contributed by atoms with E-state index in [4.69, 9.17) is 14.7 Å². The number of fused-ring (bicyclic) bond motifs is 3. The van der Waals surface area contributed by atoms with Gasteiger partial charge in [-0.1, -0.05) is 25.1 Å². The molecule has 0 saturated heterocycles. The molecule has 3 rings (SSSR count). The molecule has 0 spiro atoms. The lowest BCUT2D eigenvalue weighted by atomic mass is 9.94. The summed E-state index contributed by atoms with van der Waals surface area (Å²) in [5, 5.41) is 5.79. The van der Waals surface area contributed by atoms with E-state index in [1.165, 1.54) is 28.7 Å². The Hall–Kier alpha value is -0.890. The molecule has 3 heterocycles. The maximum Gasteiger partial charge on any atom is 0.190 e. The number of quaternary nitrogens is 1. The third-order valence-corrected chi connectivity index (χ3v) is 7.44. The van der Waals surface area contributed by atoms with E-state index in [9.17, 15) is 0 Å². The number of nitrogens with one attached hydrogen (secondary N) is 2. The molecule has 1 aliphatic heterocycles. The first-order valence-corrected chi connectivity index (χ1v) is 12.4. The molecule has 0 atom stereocenters. The van der Waals surface area contributed by atoms with E-state index >= 15 is 0 Å². The molecule has 0 unspecified atom stereocenters. The number of nitrogens with zero attached hydrogens (tertiary/aromatic N) is 2. The zero-order valence-electron chi connectivity index (χ0n) is 18.0. The molecule has 0 saturated carbocycles. The second-order valence-corrected chi connectivity index (χ2v) is 10.2. The predicted molar refractivity (Wildman–Crippen MR) is 121 cm³/mol. The number of rotatable bonds is 10. The van der Waals surface area contributed by atoms with Gasteiger partial charge in [0.2, 0.25) is 0 Å². The second kappa shape index (κ2) is 9.74. The minimum absolute atomic E-state index is 0.127. The maximum atomic E-state index is 6.05. The van der Waals surface area contributed by atoms with Crippen molar-refractivity contribution >= 4 is 39.1 Å². The fraction of sp³-hybridized carbons (Fsp3) is 0.714. The van der Waals surface area contributed by atoms with Gasteiger partial charge in [-0.3, -0.25) is 0 Å². The molecule has 1 aliphatic rings. The van der Waals surface area contributed by atoms with Gasteiger partial charge in [-0.25, -0.2) is 9.97 Å². The van der Waals surface area contributed by atoms with Crippen molar-refractivity contribution in [3.63, 3.8) is 0 Å². The van der Waals surface area contributed by atoms with Crippen LogP contribution in [0.25, 0.3) is 10.2 Å². The van der Waals surface area contributed by atoms with Crippen LogP contribution in [0.5, 0.6) is 0 Å². The van der Waals surface area contributed by atoms with Crippen molar-refractivity contribution in [2.45, 2.75) is 71.2 Å². The van der Waals surface area contributed by atoms with Gasteiger partial charge in [-0.2, -0.15) is 0 Å². The number of hydrogen-bond donors (Lipinski definition) is 2. The van der Waals surface area contributed by atoms with Crippen LogP contribution in [0.2, 0.25) is 0 Å². The Bertz CT molecular complexity index is 786. The minimum atomic E-state index is -0.127. The number of ether oxygens (including phenoxy) is 1. The summed E-state index contributed by atoms with van der Waals surface area (Å²) in [6.07, 6.45) is 3.32. The normalized spacial score (nSPS) is 15.9. The maximum absolute atomic E-state index is 6.05. The highest BCUT2D eigenvalue weighted by Crippen LogP contribution is 2.41. The van der Waals surface area contributed by atoms with E-state index in [2.05, 4.69) is 39.9 Å². The molecule has 0 fully saturated rings. The largest absolute Gasteiger partial charge is 0.370 e. The van der Waals surface area contributed by atoms with Gasteiger partial charge in [-0.05, 0) is 39.7 Å². The van der Waals surface area contributed by atoms with Crippen molar-refractivity contribution in [1.29, 1.82) is 0 Å². The molecule has 7 heteroatoms. The predicted octanol–water partition coefficient (Wildman–Crippen LogP) is 3.77. The second-order valence-electron chi connectivity index (χ2n) is 8.10. The highest BCUT2D eigenvalue weighted by Gasteiger charge is 2.31. The lowest BCUT2D eigenvalue weighted by Crippen LogP contribution is -3.12. The number of hydrogen-bond acceptors (Lipinski definition) is 6. The van der Waals surface area contributed by atoms with Gasteiger partial charge in [0, 0.05) is 17.1 Å². The van der Waals surface area contributed by atoms with Gasteiger partial charge in [0.15, 0.2) is 5.16 Å². The minimum Gasteiger partial charge on any atom is -0.370 e. The Morgan fingerprint density at radius 1 is 1.21 bits per heavy atom. The molecule has 0 aliphatic carbocycles. The average Bonchev–Trinajstić information content (AvgIpc) is 3.02. The molecule has 2 N–H and O–H groups in total. The number of aromatic nitrogens is 2. The van der Waals surface area contributed by atoms with Crippen LogP contribution in [0.4, 0.5) is 5.82 Å². The summed E-state index contributed by atoms with van der Waals surface area (Å²) in [6.45, 7) is 16.1. The van der Waals surface area contributed by atoms with Crippen molar-refractivity contribution < 1.29 is 9.64 Å². The monoisotopic (exact) mass is 423 g/mol. The molecule has 2 aromatic heterocycles. The van der Waals surface area contributed by atoms with E-state index < -0.39 is 0 Å². The standard InChI is InChI=1S/C21H34N4OS2/c1-6-9-12-27-20-23-18(22-10-11-25(7-2)8-3)17-15-13-21(4,5)26-14-16(15)28-19(17)24-20/h6-14H2,1-5H3,(H,22,23,24)/p+1. The van der Waals surface area contributed by atoms with E-state index in [-0.39, 0.29) is 5.60 Å². The number of thiophene rings is 1. The van der Waals surface area contributed by atoms with Gasteiger partial charge in [0.1, 0.15) is 10.6 Å². The van der Waals surface area contributed by atoms with Gasteiger partial charge < -0.3 is 15.0 Å². The summed E-state index contributed by atoms with van der Waals surface area (Å²) in [4.78, 5) is 13.9. The summed E-state index contributed by atoms with van der Waals surface area (Å²) in [7, 11) is 0. The SMILES string of the molecule is CCCCSc1nc(NCC[NH+](CC)CC)c2c3c(sc2n1)COC(C)(C)C3. The summed E-state index contributed by atoms with van der Waals surface area (Å²) in [5.41, 5.74) is 1.26. The van der Waals surface area contributed by atoms with Crippen molar-refractivity contribution in [1.82, 2.24) is 9.97 Å². The van der Waals surface area contributed by atoms with E-state index in [1.54, 1.807) is 28.0 Å². The van der Waals surface area contributed by atoms with Crippen LogP contribution < -0.4 is 10.2 Å². The zero-order chi connectivity index (χ0) is 20.1. The third kappa shape index (κ3) is 5.17. The number of thioether (sulfide) groups is 1. The molecule has 0 aromatic carbocycles. The molecule has 2 aromatic rings. The van der Waals surface area contributed by atoms with Gasteiger partial charge in [0.05, 0.1) is 43.8 Å². The van der Waals surface area contributed by atoms with Crippen molar-refractivity contribution in [2.75, 3.05) is 37.2 Å². The molecule has 28 heavy (non-hydrogen) atoms. The van der Waals surface area contributed by atoms with Gasteiger partial charge in [-0.15, -0.1) is 11.3 Å². The topological polar surface area (TPSA) is 51.5 Å². The highest BCUT2D eigenvalue weighted by atomic mass is 32.2. The van der Waals surface area contributed by atoms with E-state index in [0.717, 1.165) is 54.2 Å². The Labute approximate surface area is 177 Å². The molecule has 5 nitrogen and oxygen atoms in total. The summed E-state index contributed by atoms with van der Waals surface area (Å²) >= 11 is 3.56. The molecule has 0 bridgehead atoms. The summed E-state index contributed by atoms with van der Waals surface area (Å²) in [5.74, 6) is 2.09. The average molecular weight is 424 g/mol. The Morgan fingerprint density at radius 3 is 2.71 bits per heavy atom. The summed E-state index contributed by atoms with van der Waals surface area (Å²) in [6, 6.07) is 0. The lowest BCUT2D eigenvalue weighted by Gasteiger charge is -2.30. The first-order valence-electron chi connectivity index (χ1n) is 10.6. The Balaban J connectivity index is 1.91. The van der Waals surface area contributed by atoms with Crippen LogP contribution in [-0.2, 0) is 17.8 Å². The Kier molecular flexibility index (Phi) is 7.59. The fourth-order valence-electron chi connectivity index (χ4n) is 3.59. The Morgan fingerprint density at radius 2 is 2.00 bits per heavy atom. The summed E-state index contributed by atoms with van der Waals surface area (Å²) < 4.78 is 6.05. The quantitative estimate of drug-likeness (QED) is 0.346. The molecular weight excluding hydrogens is 388 g/mol. The lowest BCUT2D eigenvalue weighted by molar-refractivity contribution is -0.894. The molecule has 0 radical (unpaired) electrons. The van der Waals surface area contributed by atoms with E-state index in [0.29, 0.717) is 6.61 Å². The first-order chi connectivity index (χ1) is 13.5. The van der Waals surface area contributed by atoms with Crippen molar-refractivity contribution in [3.8, 4) is 0 Å². The van der Waals surface area contributed by atoms with Crippen molar-refractivity contribution in [2.24, 2.45) is 0 Å². The van der Waals surface area contributed by atoms with Gasteiger partial charge in [0.25, 0.3) is 0 Å². The molecule has 156 valence electrons. The zero-order valence-corrected chi connectivity index (χ0v) is 19.6. The molecule has 0 amide bonds. The smallest absolute Gasteiger partial charge is 0.190 e. The number of unbranched alkanes of at least 4 members (excludes halogenated alkanes) is 1. The van der Waals surface area contributed by atoms with Crippen LogP contribution >= 0.6 is 23.1 Å². The highest BCUT2D eigenvalue weighted by molar-refractivity contribution is 7.99. The fourth-order valence-corrected chi connectivity index (χ4v) is 5.67. The third-order valence-electron chi connectivity index (χ3n) is 5.41. The van der Waals surface area contributed by atoms with Crippen molar-refractivity contribution in [3.05, 3.63) is 10.4 Å². The van der Waals surface area contributed by atoms with Gasteiger partial charge >= 0.3 is 0 Å². The first kappa shape index (κ1) is 21.8. The van der Waals surface area contributed by atoms with Crippen LogP contribution in [0.1, 0.15) is 57.9 Å². The van der Waals surface area contributed by atoms with Crippen LogP contribution in [0.15, 0.2) is 5.16 Å². The molecular formula is C21H35N4OS2+. The number of likely N-dealkylation sites (N-methyl/N-ethyl adjacent to an activating group) is 1. The van der Waals surface area contributed by atoms with Crippen LogP contribution in [0, 0.1) is 0 Å². The van der Waals surface area contributed by atoms with Crippen LogP contribution in [0.3, 0.4) is 0 Å². The van der Waals surface area contributed by atoms with Crippen LogP contribution in [-0.4, -0.2) is 47.5 Å². The van der Waals surface area contributed by atoms with E-state index in [1.807, 2.05) is 0 Å².